The molecule has 0 aromatic heterocycles. The number of anilines is 2. The molecule has 0 unspecified atom stereocenters. The molecular formula is C17H23N3O2S. The van der Waals surface area contributed by atoms with Crippen molar-refractivity contribution >= 4 is 34.6 Å². The summed E-state index contributed by atoms with van der Waals surface area (Å²) in [6.45, 7) is 10.1. The van der Waals surface area contributed by atoms with Crippen LogP contribution in [0.5, 0.6) is 5.75 Å². The van der Waals surface area contributed by atoms with E-state index in [2.05, 4.69) is 30.6 Å². The van der Waals surface area contributed by atoms with Crippen molar-refractivity contribution in [2.45, 2.75) is 40.2 Å². The van der Waals surface area contributed by atoms with Crippen LogP contribution in [0.25, 0.3) is 0 Å². The summed E-state index contributed by atoms with van der Waals surface area (Å²) in [4.78, 5) is 13.5. The van der Waals surface area contributed by atoms with Gasteiger partial charge in [-0.05, 0) is 58.1 Å². The van der Waals surface area contributed by atoms with Crippen molar-refractivity contribution in [1.82, 2.24) is 5.32 Å². The molecule has 0 aliphatic carbocycles. The molecule has 0 radical (unpaired) electrons. The van der Waals surface area contributed by atoms with Gasteiger partial charge in [-0.15, -0.1) is 0 Å². The molecular weight excluding hydrogens is 310 g/mol. The van der Waals surface area contributed by atoms with Crippen molar-refractivity contribution < 1.29 is 9.53 Å². The van der Waals surface area contributed by atoms with Crippen LogP contribution in [-0.4, -0.2) is 23.2 Å². The van der Waals surface area contributed by atoms with Gasteiger partial charge in [-0.25, -0.2) is 0 Å². The normalized spacial score (nSPS) is 16.5. The first-order chi connectivity index (χ1) is 10.7. The lowest BCUT2D eigenvalue weighted by Crippen LogP contribution is -2.53. The standard InChI is InChI=1S/C17H23N3O2S/c1-6-22-13-7-8-15(14(9-13)18-12(3)21)20-11(2)10-17(4,5)19-16(20)23/h7-10H,6H2,1-5H3,(H,18,21)(H,19,23). The van der Waals surface area contributed by atoms with Crippen molar-refractivity contribution in [3.63, 3.8) is 0 Å². The van der Waals surface area contributed by atoms with E-state index >= 15 is 0 Å². The maximum Gasteiger partial charge on any atom is 0.221 e. The number of carbonyl (C=O) groups excluding carboxylic acids is 1. The van der Waals surface area contributed by atoms with E-state index < -0.39 is 0 Å². The average Bonchev–Trinajstić information content (AvgIpc) is 2.38. The lowest BCUT2D eigenvalue weighted by Gasteiger charge is -2.39. The second kappa shape index (κ2) is 6.58. The van der Waals surface area contributed by atoms with Gasteiger partial charge in [0.05, 0.1) is 23.5 Å². The Morgan fingerprint density at radius 3 is 2.70 bits per heavy atom. The molecule has 1 heterocycles. The molecule has 6 heteroatoms. The third-order valence-corrected chi connectivity index (χ3v) is 3.67. The van der Waals surface area contributed by atoms with Crippen LogP contribution in [0, 0.1) is 0 Å². The topological polar surface area (TPSA) is 53.6 Å². The third kappa shape index (κ3) is 4.01. The van der Waals surface area contributed by atoms with Gasteiger partial charge in [-0.2, -0.15) is 0 Å². The van der Waals surface area contributed by atoms with Crippen LogP contribution in [0.2, 0.25) is 0 Å². The number of carbonyl (C=O) groups is 1. The Bertz CT molecular complexity index is 668. The van der Waals surface area contributed by atoms with Gasteiger partial charge in [-0.1, -0.05) is 0 Å². The fraction of sp³-hybridized carbons (Fsp3) is 0.412. The Hall–Kier alpha value is -2.08. The first-order valence-electron chi connectivity index (χ1n) is 7.59. The predicted molar refractivity (Wildman–Crippen MR) is 98.0 cm³/mol. The molecule has 1 aromatic carbocycles. The van der Waals surface area contributed by atoms with Crippen molar-refractivity contribution in [2.75, 3.05) is 16.8 Å². The number of hydrogen-bond donors (Lipinski definition) is 2. The molecule has 0 saturated carbocycles. The molecule has 1 aromatic rings. The highest BCUT2D eigenvalue weighted by atomic mass is 32.1. The molecule has 1 aliphatic rings. The van der Waals surface area contributed by atoms with Crippen LogP contribution >= 0.6 is 12.2 Å². The summed E-state index contributed by atoms with van der Waals surface area (Å²) in [7, 11) is 0. The highest BCUT2D eigenvalue weighted by molar-refractivity contribution is 7.80. The molecule has 5 nitrogen and oxygen atoms in total. The fourth-order valence-corrected chi connectivity index (χ4v) is 3.18. The number of nitrogens with zero attached hydrogens (tertiary/aromatic N) is 1. The zero-order valence-corrected chi connectivity index (χ0v) is 15.0. The van der Waals surface area contributed by atoms with Crippen LogP contribution in [-0.2, 0) is 4.79 Å². The number of amides is 1. The minimum atomic E-state index is -0.197. The Morgan fingerprint density at radius 2 is 2.13 bits per heavy atom. The molecule has 124 valence electrons. The summed E-state index contributed by atoms with van der Waals surface area (Å²) in [5.74, 6) is 0.565. The van der Waals surface area contributed by atoms with Gasteiger partial charge in [0.25, 0.3) is 0 Å². The van der Waals surface area contributed by atoms with Crippen molar-refractivity contribution in [3.8, 4) is 5.75 Å². The average molecular weight is 333 g/mol. The fourth-order valence-electron chi connectivity index (χ4n) is 2.67. The molecule has 0 saturated heterocycles. The van der Waals surface area contributed by atoms with E-state index in [9.17, 15) is 4.79 Å². The number of thiocarbonyl (C=S) groups is 1. The lowest BCUT2D eigenvalue weighted by atomic mass is 10.0. The number of benzene rings is 1. The Kier molecular flexibility index (Phi) is 4.94. The van der Waals surface area contributed by atoms with E-state index in [-0.39, 0.29) is 11.4 Å². The maximum absolute atomic E-state index is 11.5. The van der Waals surface area contributed by atoms with Gasteiger partial charge in [-0.3, -0.25) is 9.69 Å². The predicted octanol–water partition coefficient (Wildman–Crippen LogP) is 3.42. The quantitative estimate of drug-likeness (QED) is 0.827. The summed E-state index contributed by atoms with van der Waals surface area (Å²) < 4.78 is 5.52. The molecule has 0 spiro atoms. The summed E-state index contributed by atoms with van der Waals surface area (Å²) in [6, 6.07) is 5.59. The summed E-state index contributed by atoms with van der Waals surface area (Å²) >= 11 is 5.52. The number of ether oxygens (including phenoxy) is 1. The number of nitrogens with one attached hydrogen (secondary N) is 2. The van der Waals surface area contributed by atoms with E-state index in [0.717, 1.165) is 11.4 Å². The number of allylic oxidation sites excluding steroid dienone is 1. The van der Waals surface area contributed by atoms with Gasteiger partial charge in [0.15, 0.2) is 5.11 Å². The van der Waals surface area contributed by atoms with Crippen molar-refractivity contribution in [3.05, 3.63) is 30.0 Å². The highest BCUT2D eigenvalue weighted by Crippen LogP contribution is 2.34. The molecule has 0 bridgehead atoms. The highest BCUT2D eigenvalue weighted by Gasteiger charge is 2.29. The zero-order chi connectivity index (χ0) is 17.2. The molecule has 0 fully saturated rings. The number of rotatable bonds is 4. The van der Waals surface area contributed by atoms with Gasteiger partial charge in [0, 0.05) is 18.7 Å². The van der Waals surface area contributed by atoms with E-state index in [0.29, 0.717) is 23.2 Å². The Morgan fingerprint density at radius 1 is 1.43 bits per heavy atom. The lowest BCUT2D eigenvalue weighted by molar-refractivity contribution is -0.114. The molecule has 23 heavy (non-hydrogen) atoms. The van der Waals surface area contributed by atoms with Crippen LogP contribution in [0.15, 0.2) is 30.0 Å². The van der Waals surface area contributed by atoms with E-state index in [1.165, 1.54) is 6.92 Å². The minimum absolute atomic E-state index is 0.141. The molecule has 1 aliphatic heterocycles. The van der Waals surface area contributed by atoms with E-state index in [4.69, 9.17) is 17.0 Å². The molecule has 1 amide bonds. The summed E-state index contributed by atoms with van der Waals surface area (Å²) in [5.41, 5.74) is 2.29. The van der Waals surface area contributed by atoms with Crippen molar-refractivity contribution in [2.24, 2.45) is 0 Å². The first-order valence-corrected chi connectivity index (χ1v) is 8.00. The molecule has 0 atom stereocenters. The second-order valence-corrected chi connectivity index (χ2v) is 6.45. The first kappa shape index (κ1) is 17.3. The van der Waals surface area contributed by atoms with E-state index in [1.807, 2.05) is 36.9 Å². The smallest absolute Gasteiger partial charge is 0.221 e. The van der Waals surface area contributed by atoms with Gasteiger partial charge < -0.3 is 15.4 Å². The summed E-state index contributed by atoms with van der Waals surface area (Å²) in [6.07, 6.45) is 2.11. The third-order valence-electron chi connectivity index (χ3n) is 3.39. The minimum Gasteiger partial charge on any atom is -0.494 e. The monoisotopic (exact) mass is 333 g/mol. The number of hydrogen-bond acceptors (Lipinski definition) is 3. The Balaban J connectivity index is 2.49. The van der Waals surface area contributed by atoms with Crippen molar-refractivity contribution in [1.29, 1.82) is 0 Å². The van der Waals surface area contributed by atoms with Crippen LogP contribution in [0.4, 0.5) is 11.4 Å². The van der Waals surface area contributed by atoms with Gasteiger partial charge in [0.1, 0.15) is 5.75 Å². The molecule has 2 N–H and O–H groups in total. The van der Waals surface area contributed by atoms with Crippen LogP contribution < -0.4 is 20.3 Å². The van der Waals surface area contributed by atoms with Crippen LogP contribution in [0.1, 0.15) is 34.6 Å². The summed E-state index contributed by atoms with van der Waals surface area (Å²) in [5, 5.41) is 6.75. The SMILES string of the molecule is CCOc1ccc(N2C(=S)NC(C)(C)C=C2C)c(NC(C)=O)c1. The second-order valence-electron chi connectivity index (χ2n) is 6.07. The van der Waals surface area contributed by atoms with Gasteiger partial charge >= 0.3 is 0 Å². The Labute approximate surface area is 142 Å². The maximum atomic E-state index is 11.5. The van der Waals surface area contributed by atoms with Crippen LogP contribution in [0.3, 0.4) is 0 Å². The zero-order valence-electron chi connectivity index (χ0n) is 14.2. The van der Waals surface area contributed by atoms with Gasteiger partial charge in [0.2, 0.25) is 5.91 Å². The molecule has 2 rings (SSSR count). The van der Waals surface area contributed by atoms with E-state index in [1.54, 1.807) is 0 Å². The largest absolute Gasteiger partial charge is 0.494 e.